The molecule has 0 N–H and O–H groups in total. The van der Waals surface area contributed by atoms with Crippen LogP contribution in [-0.4, -0.2) is 0 Å². The zero-order chi connectivity index (χ0) is 16.1. The first-order valence-electron chi connectivity index (χ1n) is 8.39. The van der Waals surface area contributed by atoms with E-state index in [9.17, 15) is 0 Å². The molecule has 0 spiro atoms. The summed E-state index contributed by atoms with van der Waals surface area (Å²) in [5.74, 6) is 0. The summed E-state index contributed by atoms with van der Waals surface area (Å²) in [5.41, 5.74) is 6.42. The Hall–Kier alpha value is -0.157. The van der Waals surface area contributed by atoms with Crippen molar-refractivity contribution in [2.24, 2.45) is 0 Å². The van der Waals surface area contributed by atoms with Gasteiger partial charge in [0.2, 0.25) is 0 Å². The monoisotopic (exact) mass is 362 g/mol. The van der Waals surface area contributed by atoms with Crippen molar-refractivity contribution >= 4 is 0 Å². The molecule has 0 nitrogen and oxygen atoms in total. The Kier molecular flexibility index (Phi) is 4.49. The van der Waals surface area contributed by atoms with Crippen LogP contribution < -0.4 is 0 Å². The number of rotatable bonds is 4. The van der Waals surface area contributed by atoms with Crippen molar-refractivity contribution in [1.82, 2.24) is 0 Å². The standard InChI is InChI=1S/C10H15.C8H11.2CH3.Zr/c1-6-7(2)9(4)10(5)8(6)3;1-2-5-8-6-3-4-7-8;;;/h1-5H3;3-4,6-7H,2,5H2,1H3;2*1H3;. The fourth-order valence-corrected chi connectivity index (χ4v) is 17.3. The van der Waals surface area contributed by atoms with Crippen LogP contribution in [0.3, 0.4) is 0 Å². The van der Waals surface area contributed by atoms with Crippen LogP contribution in [0.1, 0.15) is 54.4 Å². The molecule has 0 aliphatic heterocycles. The van der Waals surface area contributed by atoms with E-state index in [2.05, 4.69) is 75.1 Å². The molecular weight excluding hydrogens is 331 g/mol. The predicted molar refractivity (Wildman–Crippen MR) is 92.7 cm³/mol. The maximum absolute atomic E-state index is 2.68. The van der Waals surface area contributed by atoms with E-state index in [0.717, 1.165) is 0 Å². The SMILES string of the molecule is CCC[C]1([Zr]([CH3])([CH3])[C]2(C)C(C)=C(C)C(C)=C2C)C=CC=C1. The fourth-order valence-electron chi connectivity index (χ4n) is 4.82. The van der Waals surface area contributed by atoms with Crippen LogP contribution in [0.4, 0.5) is 0 Å². The number of hydrogen-bond donors (Lipinski definition) is 0. The Morgan fingerprint density at radius 3 is 1.71 bits per heavy atom. The molecule has 2 aliphatic carbocycles. The zero-order valence-corrected chi connectivity index (χ0v) is 17.7. The van der Waals surface area contributed by atoms with Crippen LogP contribution in [0.5, 0.6) is 0 Å². The van der Waals surface area contributed by atoms with E-state index < -0.39 is 20.3 Å². The molecule has 2 aliphatic rings. The molecule has 0 unspecified atom stereocenters. The summed E-state index contributed by atoms with van der Waals surface area (Å²) in [6, 6.07) is 0. The van der Waals surface area contributed by atoms with Crippen LogP contribution in [0.25, 0.3) is 0 Å². The maximum atomic E-state index is 2.68. The molecule has 0 aromatic carbocycles. The van der Waals surface area contributed by atoms with E-state index in [1.54, 1.807) is 22.3 Å². The Bertz CT molecular complexity index is 531. The molecule has 0 saturated heterocycles. The van der Waals surface area contributed by atoms with E-state index in [1.165, 1.54) is 12.8 Å². The number of allylic oxidation sites excluding steroid dienone is 8. The van der Waals surface area contributed by atoms with Gasteiger partial charge in [-0.3, -0.25) is 0 Å². The van der Waals surface area contributed by atoms with Crippen LogP contribution >= 0.6 is 0 Å². The van der Waals surface area contributed by atoms with Gasteiger partial charge < -0.3 is 0 Å². The topological polar surface area (TPSA) is 0 Å². The van der Waals surface area contributed by atoms with E-state index >= 15 is 0 Å². The van der Waals surface area contributed by atoms with Crippen molar-refractivity contribution in [1.29, 1.82) is 0 Å². The first-order chi connectivity index (χ1) is 9.65. The summed E-state index contributed by atoms with van der Waals surface area (Å²) < 4.78 is 6.09. The minimum atomic E-state index is -2.55. The van der Waals surface area contributed by atoms with Crippen molar-refractivity contribution in [3.05, 3.63) is 46.6 Å². The summed E-state index contributed by atoms with van der Waals surface area (Å²) in [7, 11) is 0. The van der Waals surface area contributed by atoms with Gasteiger partial charge in [-0.15, -0.1) is 0 Å². The summed E-state index contributed by atoms with van der Waals surface area (Å²) in [4.78, 5) is 0. The third kappa shape index (κ3) is 2.10. The molecule has 0 fully saturated rings. The van der Waals surface area contributed by atoms with Gasteiger partial charge in [0.15, 0.2) is 0 Å². The van der Waals surface area contributed by atoms with Crippen molar-refractivity contribution in [3.8, 4) is 0 Å². The van der Waals surface area contributed by atoms with Gasteiger partial charge in [0, 0.05) is 0 Å². The van der Waals surface area contributed by atoms with Gasteiger partial charge in [-0.25, -0.2) is 0 Å². The first-order valence-corrected chi connectivity index (χ1v) is 15.8. The molecule has 0 aromatic heterocycles. The molecule has 0 atom stereocenters. The normalized spacial score (nSPS) is 23.6. The van der Waals surface area contributed by atoms with Crippen LogP contribution in [0.15, 0.2) is 46.6 Å². The Labute approximate surface area is 136 Å². The average molecular weight is 364 g/mol. The molecule has 21 heavy (non-hydrogen) atoms. The molecule has 0 amide bonds. The summed E-state index contributed by atoms with van der Waals surface area (Å²) in [6.45, 7) is 14.3. The third-order valence-electron chi connectivity index (χ3n) is 7.16. The van der Waals surface area contributed by atoms with Crippen molar-refractivity contribution in [2.45, 2.75) is 69.9 Å². The van der Waals surface area contributed by atoms with E-state index in [1.807, 2.05) is 0 Å². The van der Waals surface area contributed by atoms with Gasteiger partial charge in [-0.05, 0) is 0 Å². The zero-order valence-electron chi connectivity index (χ0n) is 15.2. The molecule has 0 bridgehead atoms. The van der Waals surface area contributed by atoms with Gasteiger partial charge in [0.25, 0.3) is 0 Å². The van der Waals surface area contributed by atoms with Crippen LogP contribution in [0, 0.1) is 0 Å². The van der Waals surface area contributed by atoms with Gasteiger partial charge in [0.05, 0.1) is 0 Å². The number of hydrogen-bond acceptors (Lipinski definition) is 0. The quantitative estimate of drug-likeness (QED) is 0.496. The third-order valence-corrected chi connectivity index (χ3v) is 22.3. The van der Waals surface area contributed by atoms with Gasteiger partial charge in [-0.2, -0.15) is 0 Å². The summed E-state index contributed by atoms with van der Waals surface area (Å²) in [5, 5.41) is 0. The van der Waals surface area contributed by atoms with Crippen molar-refractivity contribution in [2.75, 3.05) is 0 Å². The second kappa shape index (κ2) is 5.48. The molecule has 116 valence electrons. The second-order valence-corrected chi connectivity index (χ2v) is 20.5. The Balaban J connectivity index is 2.64. The van der Waals surface area contributed by atoms with Gasteiger partial charge in [0.1, 0.15) is 0 Å². The van der Waals surface area contributed by atoms with Gasteiger partial charge >= 0.3 is 137 Å². The van der Waals surface area contributed by atoms with Crippen LogP contribution in [0.2, 0.25) is 15.5 Å². The molecular formula is C20H32Zr. The average Bonchev–Trinajstić information content (AvgIpc) is 2.98. The van der Waals surface area contributed by atoms with E-state index in [0.29, 0.717) is 6.25 Å². The molecule has 0 radical (unpaired) electrons. The fraction of sp³-hybridized carbons (Fsp3) is 0.600. The van der Waals surface area contributed by atoms with E-state index in [-0.39, 0.29) is 0 Å². The summed E-state index contributed by atoms with van der Waals surface area (Å²) in [6.07, 6.45) is 12.3. The predicted octanol–water partition coefficient (Wildman–Crippen LogP) is 7.19. The molecule has 0 saturated carbocycles. The van der Waals surface area contributed by atoms with Gasteiger partial charge in [-0.1, -0.05) is 0 Å². The molecule has 1 heteroatoms. The van der Waals surface area contributed by atoms with Crippen LogP contribution in [-0.2, 0) is 20.3 Å². The van der Waals surface area contributed by atoms with Crippen molar-refractivity contribution in [3.63, 3.8) is 0 Å². The first kappa shape index (κ1) is 17.2. The molecule has 0 aromatic rings. The summed E-state index contributed by atoms with van der Waals surface area (Å²) >= 11 is -2.55. The molecule has 0 heterocycles. The molecule has 2 rings (SSSR count). The second-order valence-electron chi connectivity index (χ2n) is 7.76. The van der Waals surface area contributed by atoms with Crippen molar-refractivity contribution < 1.29 is 20.3 Å². The Morgan fingerprint density at radius 2 is 1.33 bits per heavy atom. The minimum absolute atomic E-state index is 0.344. The Morgan fingerprint density at radius 1 is 0.905 bits per heavy atom. The van der Waals surface area contributed by atoms with E-state index in [4.69, 9.17) is 0 Å².